The second kappa shape index (κ2) is 6.80. The fraction of sp³-hybridized carbons (Fsp3) is 0.909. The van der Waals surface area contributed by atoms with Crippen molar-refractivity contribution in [1.29, 1.82) is 0 Å². The summed E-state index contributed by atoms with van der Waals surface area (Å²) in [6, 6.07) is 0.160. The highest BCUT2D eigenvalue weighted by molar-refractivity contribution is 5.69. The molecule has 0 saturated heterocycles. The lowest BCUT2D eigenvalue weighted by atomic mass is 9.92. The fourth-order valence-corrected chi connectivity index (χ4v) is 1.94. The monoisotopic (exact) mass is 215 g/mol. The lowest BCUT2D eigenvalue weighted by Crippen LogP contribution is -2.42. The standard InChI is InChI=1S/C11H21NO3/c1-2-15-11(14)7-8-12-9-5-3-4-6-10(9)13/h9-10,12-13H,2-8H2,1H3/t9-,10-/m1/s1. The smallest absolute Gasteiger partial charge is 0.307 e. The molecule has 0 aromatic heterocycles. The van der Waals surface area contributed by atoms with Crippen molar-refractivity contribution < 1.29 is 14.6 Å². The van der Waals surface area contributed by atoms with Crippen LogP contribution in [0.2, 0.25) is 0 Å². The molecule has 0 amide bonds. The molecule has 4 nitrogen and oxygen atoms in total. The van der Waals surface area contributed by atoms with E-state index in [4.69, 9.17) is 4.74 Å². The highest BCUT2D eigenvalue weighted by atomic mass is 16.5. The number of esters is 1. The fourth-order valence-electron chi connectivity index (χ4n) is 1.94. The zero-order valence-corrected chi connectivity index (χ0v) is 9.37. The lowest BCUT2D eigenvalue weighted by Gasteiger charge is -2.28. The van der Waals surface area contributed by atoms with Crippen LogP contribution >= 0.6 is 0 Å². The summed E-state index contributed by atoms with van der Waals surface area (Å²) < 4.78 is 4.82. The van der Waals surface area contributed by atoms with Crippen LogP contribution in [0.4, 0.5) is 0 Å². The maximum atomic E-state index is 11.0. The normalized spacial score (nSPS) is 26.3. The van der Waals surface area contributed by atoms with Crippen LogP contribution in [0.3, 0.4) is 0 Å². The van der Waals surface area contributed by atoms with Crippen molar-refractivity contribution in [2.45, 2.75) is 51.2 Å². The van der Waals surface area contributed by atoms with Gasteiger partial charge in [0.05, 0.1) is 19.1 Å². The predicted octanol–water partition coefficient (Wildman–Crippen LogP) is 0.833. The average Bonchev–Trinajstić information content (AvgIpc) is 2.21. The molecule has 0 aromatic rings. The second-order valence-electron chi connectivity index (χ2n) is 3.97. The summed E-state index contributed by atoms with van der Waals surface area (Å²) in [5.74, 6) is -0.171. The quantitative estimate of drug-likeness (QED) is 0.667. The Hall–Kier alpha value is -0.610. The molecule has 0 aliphatic heterocycles. The SMILES string of the molecule is CCOC(=O)CCN[C@@H]1CCCC[C@H]1O. The first-order valence-electron chi connectivity index (χ1n) is 5.81. The van der Waals surface area contributed by atoms with E-state index in [2.05, 4.69) is 5.32 Å². The molecule has 4 heteroatoms. The Morgan fingerprint density at radius 3 is 2.87 bits per heavy atom. The van der Waals surface area contributed by atoms with Crippen LogP contribution in [-0.4, -0.2) is 36.4 Å². The average molecular weight is 215 g/mol. The topological polar surface area (TPSA) is 58.6 Å². The molecular weight excluding hydrogens is 194 g/mol. The van der Waals surface area contributed by atoms with Crippen LogP contribution in [0.15, 0.2) is 0 Å². The Morgan fingerprint density at radius 1 is 1.47 bits per heavy atom. The van der Waals surface area contributed by atoms with Gasteiger partial charge in [0.25, 0.3) is 0 Å². The van der Waals surface area contributed by atoms with Gasteiger partial charge in [-0.15, -0.1) is 0 Å². The molecule has 0 spiro atoms. The number of aliphatic hydroxyl groups excluding tert-OH is 1. The third-order valence-electron chi connectivity index (χ3n) is 2.77. The first-order valence-corrected chi connectivity index (χ1v) is 5.81. The van der Waals surface area contributed by atoms with Gasteiger partial charge in [0.1, 0.15) is 0 Å². The van der Waals surface area contributed by atoms with E-state index in [0.29, 0.717) is 19.6 Å². The number of carbonyl (C=O) groups excluding carboxylic acids is 1. The summed E-state index contributed by atoms with van der Waals surface area (Å²) in [6.45, 7) is 2.83. The van der Waals surface area contributed by atoms with Crippen molar-refractivity contribution in [3.05, 3.63) is 0 Å². The number of rotatable bonds is 5. The maximum Gasteiger partial charge on any atom is 0.307 e. The predicted molar refractivity (Wildman–Crippen MR) is 57.5 cm³/mol. The number of ether oxygens (including phenoxy) is 1. The van der Waals surface area contributed by atoms with Gasteiger partial charge in [-0.25, -0.2) is 0 Å². The number of carbonyl (C=O) groups is 1. The highest BCUT2D eigenvalue weighted by Gasteiger charge is 2.22. The van der Waals surface area contributed by atoms with Gasteiger partial charge in [-0.05, 0) is 19.8 Å². The molecule has 1 rings (SSSR count). The van der Waals surface area contributed by atoms with E-state index in [-0.39, 0.29) is 18.1 Å². The maximum absolute atomic E-state index is 11.0. The first-order chi connectivity index (χ1) is 7.24. The van der Waals surface area contributed by atoms with Crippen LogP contribution in [0, 0.1) is 0 Å². The van der Waals surface area contributed by atoms with E-state index in [9.17, 15) is 9.90 Å². The Kier molecular flexibility index (Phi) is 5.65. The molecule has 1 saturated carbocycles. The third kappa shape index (κ3) is 4.62. The number of hydrogen-bond donors (Lipinski definition) is 2. The van der Waals surface area contributed by atoms with E-state index in [1.165, 1.54) is 0 Å². The van der Waals surface area contributed by atoms with Gasteiger partial charge in [-0.1, -0.05) is 12.8 Å². The summed E-state index contributed by atoms with van der Waals surface area (Å²) in [5, 5.41) is 12.9. The molecule has 1 aliphatic rings. The molecule has 15 heavy (non-hydrogen) atoms. The van der Waals surface area contributed by atoms with Crippen molar-refractivity contribution in [2.75, 3.05) is 13.2 Å². The molecule has 2 N–H and O–H groups in total. The minimum absolute atomic E-state index is 0.160. The Bertz CT molecular complexity index is 196. The van der Waals surface area contributed by atoms with Crippen molar-refractivity contribution >= 4 is 5.97 Å². The first kappa shape index (κ1) is 12.5. The summed E-state index contributed by atoms with van der Waals surface area (Å²) >= 11 is 0. The van der Waals surface area contributed by atoms with Gasteiger partial charge in [0.15, 0.2) is 0 Å². The van der Waals surface area contributed by atoms with Gasteiger partial charge in [-0.2, -0.15) is 0 Å². The Balaban J connectivity index is 2.10. The minimum atomic E-state index is -0.249. The highest BCUT2D eigenvalue weighted by Crippen LogP contribution is 2.18. The van der Waals surface area contributed by atoms with E-state index < -0.39 is 0 Å². The van der Waals surface area contributed by atoms with E-state index in [1.54, 1.807) is 6.92 Å². The molecule has 0 radical (unpaired) electrons. The third-order valence-corrected chi connectivity index (χ3v) is 2.77. The van der Waals surface area contributed by atoms with Gasteiger partial charge < -0.3 is 15.2 Å². The second-order valence-corrected chi connectivity index (χ2v) is 3.97. The van der Waals surface area contributed by atoms with Crippen molar-refractivity contribution in [1.82, 2.24) is 5.32 Å². The summed E-state index contributed by atoms with van der Waals surface area (Å²) in [5.41, 5.74) is 0. The van der Waals surface area contributed by atoms with Crippen molar-refractivity contribution in [3.63, 3.8) is 0 Å². The van der Waals surface area contributed by atoms with Gasteiger partial charge >= 0.3 is 5.97 Å². The summed E-state index contributed by atoms with van der Waals surface area (Å²) in [7, 11) is 0. The molecule has 1 fully saturated rings. The Morgan fingerprint density at radius 2 is 2.20 bits per heavy atom. The van der Waals surface area contributed by atoms with Crippen molar-refractivity contribution in [2.24, 2.45) is 0 Å². The van der Waals surface area contributed by atoms with Gasteiger partial charge in [0.2, 0.25) is 0 Å². The molecule has 88 valence electrons. The molecule has 0 unspecified atom stereocenters. The van der Waals surface area contributed by atoms with Crippen molar-refractivity contribution in [3.8, 4) is 0 Å². The zero-order chi connectivity index (χ0) is 11.1. The lowest BCUT2D eigenvalue weighted by molar-refractivity contribution is -0.143. The van der Waals surface area contributed by atoms with Crippen LogP contribution in [0.1, 0.15) is 39.0 Å². The molecule has 0 heterocycles. The largest absolute Gasteiger partial charge is 0.466 e. The van der Waals surface area contributed by atoms with Crippen LogP contribution in [0.5, 0.6) is 0 Å². The van der Waals surface area contributed by atoms with Crippen LogP contribution < -0.4 is 5.32 Å². The number of nitrogens with one attached hydrogen (secondary N) is 1. The summed E-state index contributed by atoms with van der Waals surface area (Å²) in [4.78, 5) is 11.0. The molecule has 1 aliphatic carbocycles. The van der Waals surface area contributed by atoms with Crippen LogP contribution in [0.25, 0.3) is 0 Å². The van der Waals surface area contributed by atoms with E-state index >= 15 is 0 Å². The molecule has 2 atom stereocenters. The zero-order valence-electron chi connectivity index (χ0n) is 9.37. The minimum Gasteiger partial charge on any atom is -0.466 e. The van der Waals surface area contributed by atoms with E-state index in [1.807, 2.05) is 0 Å². The van der Waals surface area contributed by atoms with E-state index in [0.717, 1.165) is 25.7 Å². The molecular formula is C11H21NO3. The molecule has 0 bridgehead atoms. The van der Waals surface area contributed by atoms with Crippen LogP contribution in [-0.2, 0) is 9.53 Å². The Labute approximate surface area is 91.0 Å². The van der Waals surface area contributed by atoms with Gasteiger partial charge in [-0.3, -0.25) is 4.79 Å². The molecule has 0 aromatic carbocycles. The number of aliphatic hydroxyl groups is 1. The summed E-state index contributed by atoms with van der Waals surface area (Å²) in [6.07, 6.45) is 4.28. The van der Waals surface area contributed by atoms with Gasteiger partial charge in [0, 0.05) is 12.6 Å². The number of hydrogen-bond acceptors (Lipinski definition) is 4.